The Morgan fingerprint density at radius 1 is 0.607 bits per heavy atom. The van der Waals surface area contributed by atoms with Crippen molar-refractivity contribution >= 4 is 134 Å². The molecular formula is C42H40Br2Cl2N8S2. The van der Waals surface area contributed by atoms with Gasteiger partial charge in [-0.1, -0.05) is 57.3 Å². The van der Waals surface area contributed by atoms with Gasteiger partial charge in [-0.25, -0.2) is 0 Å². The van der Waals surface area contributed by atoms with Crippen LogP contribution in [0.3, 0.4) is 0 Å². The Morgan fingerprint density at radius 2 is 1.12 bits per heavy atom. The third-order valence-electron chi connectivity index (χ3n) is 9.91. The summed E-state index contributed by atoms with van der Waals surface area (Å²) in [4.78, 5) is 13.7. The second kappa shape index (κ2) is 19.1. The number of benzene rings is 4. The van der Waals surface area contributed by atoms with Gasteiger partial charge in [0.15, 0.2) is 10.2 Å². The molecular weight excluding hydrogens is 911 g/mol. The van der Waals surface area contributed by atoms with Crippen molar-refractivity contribution in [3.63, 3.8) is 0 Å². The molecule has 8 nitrogen and oxygen atoms in total. The fourth-order valence-corrected chi connectivity index (χ4v) is 8.80. The van der Waals surface area contributed by atoms with Crippen LogP contribution in [0, 0.1) is 0 Å². The lowest BCUT2D eigenvalue weighted by Crippen LogP contribution is -2.46. The number of thiocarbonyl (C=S) groups is 2. The summed E-state index contributed by atoms with van der Waals surface area (Å²) >= 11 is 30.2. The van der Waals surface area contributed by atoms with Crippen molar-refractivity contribution in [3.05, 3.63) is 128 Å². The van der Waals surface area contributed by atoms with Gasteiger partial charge in [0.25, 0.3) is 0 Å². The molecule has 2 aliphatic heterocycles. The number of anilines is 4. The van der Waals surface area contributed by atoms with E-state index in [0.717, 1.165) is 94.0 Å². The molecule has 4 aromatic carbocycles. The van der Waals surface area contributed by atoms with Crippen LogP contribution in [0.15, 0.2) is 118 Å². The Balaban J connectivity index is 0.000000172. The minimum atomic E-state index is 0.362. The van der Waals surface area contributed by atoms with Crippen LogP contribution in [0.5, 0.6) is 0 Å². The molecule has 0 atom stereocenters. The number of fused-ring (bicyclic) bond motifs is 2. The van der Waals surface area contributed by atoms with Gasteiger partial charge in [0, 0.05) is 97.5 Å². The largest absolute Gasteiger partial charge is 0.371 e. The Bertz CT molecular complexity index is 2330. The highest BCUT2D eigenvalue weighted by atomic mass is 79.9. The van der Waals surface area contributed by atoms with E-state index in [2.05, 4.69) is 97.2 Å². The summed E-state index contributed by atoms with van der Waals surface area (Å²) in [6.07, 6.45) is 7.81. The molecule has 2 aromatic heterocycles. The Kier molecular flexibility index (Phi) is 13.8. The van der Waals surface area contributed by atoms with Crippen molar-refractivity contribution in [2.24, 2.45) is 0 Å². The second-order valence-electron chi connectivity index (χ2n) is 13.7. The zero-order chi connectivity index (χ0) is 39.0. The normalized spacial score (nSPS) is 14.9. The summed E-state index contributed by atoms with van der Waals surface area (Å²) in [6.45, 7) is 3.88. The van der Waals surface area contributed by atoms with Crippen molar-refractivity contribution in [2.45, 2.75) is 37.8 Å². The van der Waals surface area contributed by atoms with E-state index in [1.807, 2.05) is 85.2 Å². The summed E-state index contributed by atoms with van der Waals surface area (Å²) in [5, 5.41) is 18.5. The molecule has 0 radical (unpaired) electrons. The summed E-state index contributed by atoms with van der Waals surface area (Å²) in [6, 6.07) is 32.7. The molecule has 0 saturated carbocycles. The van der Waals surface area contributed by atoms with Crippen molar-refractivity contribution in [3.8, 4) is 0 Å². The first-order valence-corrected chi connectivity index (χ1v) is 21.6. The van der Waals surface area contributed by atoms with Crippen molar-refractivity contribution in [1.82, 2.24) is 20.6 Å². The molecule has 14 heteroatoms. The smallest absolute Gasteiger partial charge is 0.171 e. The molecule has 0 amide bonds. The van der Waals surface area contributed by atoms with E-state index in [1.165, 1.54) is 11.4 Å². The van der Waals surface area contributed by atoms with Crippen molar-refractivity contribution in [2.75, 3.05) is 46.6 Å². The van der Waals surface area contributed by atoms with Crippen LogP contribution in [0.2, 0.25) is 10.0 Å². The highest BCUT2D eigenvalue weighted by molar-refractivity contribution is 9.10. The summed E-state index contributed by atoms with van der Waals surface area (Å²) in [5.41, 5.74) is 6.25. The molecule has 2 aliphatic rings. The van der Waals surface area contributed by atoms with Gasteiger partial charge in [-0.3, -0.25) is 9.97 Å². The van der Waals surface area contributed by atoms with Crippen LogP contribution in [-0.2, 0) is 0 Å². The van der Waals surface area contributed by atoms with E-state index in [0.29, 0.717) is 32.4 Å². The van der Waals surface area contributed by atoms with Crippen molar-refractivity contribution < 1.29 is 0 Å². The molecule has 2 saturated heterocycles. The Hall–Kier alpha value is -3.78. The Morgan fingerprint density at radius 3 is 1.64 bits per heavy atom. The van der Waals surface area contributed by atoms with E-state index in [-0.39, 0.29) is 0 Å². The van der Waals surface area contributed by atoms with E-state index >= 15 is 0 Å². The number of pyridine rings is 2. The predicted molar refractivity (Wildman–Crippen MR) is 251 cm³/mol. The average Bonchev–Trinajstić information content (AvgIpc) is 3.19. The lowest BCUT2D eigenvalue weighted by molar-refractivity contribution is 0.468. The number of nitrogens with one attached hydrogen (secondary N) is 4. The zero-order valence-corrected chi connectivity index (χ0v) is 36.6. The standard InChI is InChI=1S/2C21H20BrClN4S/c22-14-2-1-3-17(12-14)26-21(28)25-16-7-10-27(11-8-16)20-6-9-24-19-13-15(23)4-5-18(19)20;22-17-3-1-2-4-18(17)26-21(28)25-15-8-11-27(12-9-15)20-7-10-24-19-13-14(23)5-6-16(19)20/h1-6,9,12-13,16H,7-8,10-11H2,(H2,25,26,28);1-7,10,13,15H,8-9,11-12H2,(H2,25,26,28). The molecule has 0 spiro atoms. The number of rotatable bonds is 6. The third-order valence-corrected chi connectivity index (χ3v) is 12.0. The molecule has 56 heavy (non-hydrogen) atoms. The van der Waals surface area contributed by atoms with Crippen LogP contribution in [0.25, 0.3) is 21.8 Å². The fraction of sp³-hybridized carbons (Fsp3) is 0.238. The molecule has 6 aromatic rings. The first-order chi connectivity index (χ1) is 27.2. The van der Waals surface area contributed by atoms with Gasteiger partial charge in [-0.05, 0) is 145 Å². The SMILES string of the molecule is S=C(Nc1cccc(Br)c1)NC1CCN(c2ccnc3cc(Cl)ccc23)CC1.S=C(Nc1ccccc1Br)NC1CCN(c2ccnc3cc(Cl)ccc23)CC1. The number of hydrogen-bond acceptors (Lipinski definition) is 6. The maximum absolute atomic E-state index is 6.11. The maximum Gasteiger partial charge on any atom is 0.171 e. The summed E-state index contributed by atoms with van der Waals surface area (Å²) in [5.74, 6) is 0. The number of hydrogen-bond donors (Lipinski definition) is 4. The van der Waals surface area contributed by atoms with E-state index in [4.69, 9.17) is 47.6 Å². The minimum absolute atomic E-state index is 0.362. The lowest BCUT2D eigenvalue weighted by Gasteiger charge is -2.35. The number of aromatic nitrogens is 2. The number of halogens is 4. The van der Waals surface area contributed by atoms with Crippen LogP contribution in [-0.4, -0.2) is 58.5 Å². The minimum Gasteiger partial charge on any atom is -0.371 e. The van der Waals surface area contributed by atoms with Crippen LogP contribution >= 0.6 is 79.5 Å². The van der Waals surface area contributed by atoms with E-state index in [9.17, 15) is 0 Å². The van der Waals surface area contributed by atoms with Gasteiger partial charge in [0.05, 0.1) is 16.7 Å². The van der Waals surface area contributed by atoms with Gasteiger partial charge in [0.1, 0.15) is 0 Å². The third kappa shape index (κ3) is 10.6. The average molecular weight is 952 g/mol. The van der Waals surface area contributed by atoms with E-state index < -0.39 is 0 Å². The molecule has 0 aliphatic carbocycles. The highest BCUT2D eigenvalue weighted by Gasteiger charge is 2.23. The fourth-order valence-electron chi connectivity index (χ4n) is 7.12. The number of nitrogens with zero attached hydrogens (tertiary/aromatic N) is 4. The molecule has 288 valence electrons. The first kappa shape index (κ1) is 40.4. The topological polar surface area (TPSA) is 80.4 Å². The molecule has 2 fully saturated rings. The molecule has 4 N–H and O–H groups in total. The van der Waals surface area contributed by atoms with Crippen LogP contribution in [0.4, 0.5) is 22.7 Å². The first-order valence-electron chi connectivity index (χ1n) is 18.4. The van der Waals surface area contributed by atoms with E-state index in [1.54, 1.807) is 0 Å². The molecule has 4 heterocycles. The van der Waals surface area contributed by atoms with Gasteiger partial charge >= 0.3 is 0 Å². The molecule has 8 rings (SSSR count). The lowest BCUT2D eigenvalue weighted by atomic mass is 10.0. The van der Waals surface area contributed by atoms with Crippen LogP contribution < -0.4 is 31.1 Å². The molecule has 0 unspecified atom stereocenters. The van der Waals surface area contributed by atoms with Gasteiger partial charge in [0.2, 0.25) is 0 Å². The second-order valence-corrected chi connectivity index (χ2v) is 17.2. The highest BCUT2D eigenvalue weighted by Crippen LogP contribution is 2.31. The summed E-state index contributed by atoms with van der Waals surface area (Å²) < 4.78 is 2.03. The number of piperidine rings is 2. The predicted octanol–water partition coefficient (Wildman–Crippen LogP) is 11.2. The Labute approximate surface area is 365 Å². The molecule has 0 bridgehead atoms. The van der Waals surface area contributed by atoms with Crippen LogP contribution in [0.1, 0.15) is 25.7 Å². The zero-order valence-electron chi connectivity index (χ0n) is 30.3. The van der Waals surface area contributed by atoms with Gasteiger partial charge < -0.3 is 31.1 Å². The quantitative estimate of drug-likeness (QED) is 0.121. The summed E-state index contributed by atoms with van der Waals surface area (Å²) in [7, 11) is 0. The van der Waals surface area contributed by atoms with Gasteiger partial charge in [-0.15, -0.1) is 0 Å². The van der Waals surface area contributed by atoms with Gasteiger partial charge in [-0.2, -0.15) is 0 Å². The van der Waals surface area contributed by atoms with Crippen molar-refractivity contribution in [1.29, 1.82) is 0 Å². The number of para-hydroxylation sites is 1. The maximum atomic E-state index is 6.11. The monoisotopic (exact) mass is 948 g/mol.